The number of carbonyl (C=O) groups is 5. The summed E-state index contributed by atoms with van der Waals surface area (Å²) in [6.07, 6.45) is 20.1. The molecule has 334 valence electrons. The Balaban J connectivity index is 2.65. The number of likely N-dealkylation sites (tertiary alicyclic amines) is 1. The van der Waals surface area contributed by atoms with E-state index in [9.17, 15) is 24.0 Å². The molecule has 0 bridgehead atoms. The summed E-state index contributed by atoms with van der Waals surface area (Å²) in [7, 11) is 0. The predicted octanol–water partition coefficient (Wildman–Crippen LogP) is 8.06. The standard InChI is InChI=1S/C44H76N2O12/c1-4-7-9-11-13-20-32-53-43(54-33-21-14-12-10-8-5-2)27-26-42(51)57-36-37(34-55-40(49)23-17-15-16-22-39(47)48)35-56-41(50)25-24-38(6-3)58-44(52)45-28-31-46-29-18-19-30-46/h7-10,37-38,43H,4-6,11-36H2,1-3H3,(H,45,52)(H,47,48)/b9-7-,10-8-. The van der Waals surface area contributed by atoms with Crippen molar-refractivity contribution in [3.8, 4) is 0 Å². The fourth-order valence-electron chi connectivity index (χ4n) is 6.03. The van der Waals surface area contributed by atoms with Gasteiger partial charge in [-0.3, -0.25) is 19.2 Å². The monoisotopic (exact) mass is 825 g/mol. The van der Waals surface area contributed by atoms with Crippen molar-refractivity contribution < 1.29 is 57.5 Å². The van der Waals surface area contributed by atoms with Crippen molar-refractivity contribution in [3.63, 3.8) is 0 Å². The summed E-state index contributed by atoms with van der Waals surface area (Å²) in [5.74, 6) is -2.96. The highest BCUT2D eigenvalue weighted by atomic mass is 16.7. The third kappa shape index (κ3) is 31.5. The van der Waals surface area contributed by atoms with Crippen molar-refractivity contribution in [2.75, 3.05) is 59.2 Å². The number of aliphatic carboxylic acids is 1. The van der Waals surface area contributed by atoms with E-state index >= 15 is 0 Å². The highest BCUT2D eigenvalue weighted by molar-refractivity contribution is 5.71. The molecule has 14 heteroatoms. The summed E-state index contributed by atoms with van der Waals surface area (Å²) in [4.78, 5) is 63.5. The van der Waals surface area contributed by atoms with Gasteiger partial charge in [0.2, 0.25) is 0 Å². The second kappa shape index (κ2) is 36.6. The van der Waals surface area contributed by atoms with Gasteiger partial charge in [0, 0.05) is 52.0 Å². The molecule has 1 aliphatic rings. The van der Waals surface area contributed by atoms with E-state index in [4.69, 9.17) is 33.5 Å². The number of hydrogen-bond donors (Lipinski definition) is 2. The van der Waals surface area contributed by atoms with E-state index in [1.54, 1.807) is 0 Å². The molecule has 14 nitrogen and oxygen atoms in total. The van der Waals surface area contributed by atoms with Gasteiger partial charge < -0.3 is 43.7 Å². The average molecular weight is 825 g/mol. The molecule has 1 saturated heterocycles. The molecule has 2 N–H and O–H groups in total. The maximum atomic E-state index is 12.9. The van der Waals surface area contributed by atoms with Gasteiger partial charge in [0.25, 0.3) is 0 Å². The van der Waals surface area contributed by atoms with Gasteiger partial charge in [0.1, 0.15) is 25.9 Å². The minimum Gasteiger partial charge on any atom is -0.481 e. The lowest BCUT2D eigenvalue weighted by Crippen LogP contribution is -2.35. The summed E-state index contributed by atoms with van der Waals surface area (Å²) in [6.45, 7) is 10.1. The molecule has 0 aromatic carbocycles. The summed E-state index contributed by atoms with van der Waals surface area (Å²) in [5, 5.41) is 11.6. The second-order valence-corrected chi connectivity index (χ2v) is 14.8. The van der Waals surface area contributed by atoms with E-state index < -0.39 is 48.3 Å². The Morgan fingerprint density at radius 1 is 0.655 bits per heavy atom. The Morgan fingerprint density at radius 2 is 1.19 bits per heavy atom. The Kier molecular flexibility index (Phi) is 33.1. The molecule has 0 spiro atoms. The van der Waals surface area contributed by atoms with Gasteiger partial charge in [-0.05, 0) is 103 Å². The predicted molar refractivity (Wildman–Crippen MR) is 222 cm³/mol. The zero-order chi connectivity index (χ0) is 42.5. The van der Waals surface area contributed by atoms with E-state index in [0.717, 1.165) is 71.0 Å². The number of carbonyl (C=O) groups excluding carboxylic acids is 4. The van der Waals surface area contributed by atoms with E-state index in [2.05, 4.69) is 48.4 Å². The number of carboxylic acids is 1. The molecule has 2 unspecified atom stereocenters. The number of amides is 1. The molecule has 1 rings (SSSR count). The van der Waals surface area contributed by atoms with Crippen LogP contribution in [-0.4, -0.2) is 112 Å². The number of nitrogens with zero attached hydrogens (tertiary/aromatic N) is 1. The number of hydrogen-bond acceptors (Lipinski definition) is 12. The van der Waals surface area contributed by atoms with Crippen LogP contribution < -0.4 is 5.32 Å². The van der Waals surface area contributed by atoms with Gasteiger partial charge in [-0.2, -0.15) is 0 Å². The van der Waals surface area contributed by atoms with Crippen LogP contribution in [0.15, 0.2) is 24.3 Å². The molecule has 1 aliphatic heterocycles. The van der Waals surface area contributed by atoms with Crippen molar-refractivity contribution >= 4 is 30.0 Å². The Labute approximate surface area is 348 Å². The van der Waals surface area contributed by atoms with Crippen LogP contribution in [0.1, 0.15) is 149 Å². The highest BCUT2D eigenvalue weighted by Gasteiger charge is 2.21. The zero-order valence-electron chi connectivity index (χ0n) is 35.9. The molecule has 58 heavy (non-hydrogen) atoms. The summed E-state index contributed by atoms with van der Waals surface area (Å²) in [6, 6.07) is 0. The largest absolute Gasteiger partial charge is 0.481 e. The SMILES string of the molecule is CC/C=C\CCCCOC(CCC(=O)OCC(COC(=O)CCCCCC(=O)O)COC(=O)CCC(CC)OC(=O)NCCN1CCCC1)OCCCC/C=C\CC. The number of ether oxygens (including phenoxy) is 6. The van der Waals surface area contributed by atoms with Crippen LogP contribution >= 0.6 is 0 Å². The summed E-state index contributed by atoms with van der Waals surface area (Å²) in [5.41, 5.74) is 0. The summed E-state index contributed by atoms with van der Waals surface area (Å²) < 4.78 is 34.1. The lowest BCUT2D eigenvalue weighted by molar-refractivity contribution is -0.162. The molecule has 2 atom stereocenters. The Bertz CT molecular complexity index is 1130. The Morgan fingerprint density at radius 3 is 1.72 bits per heavy atom. The molecule has 1 amide bonds. The molecular weight excluding hydrogens is 748 g/mol. The molecule has 1 fully saturated rings. The second-order valence-electron chi connectivity index (χ2n) is 14.8. The van der Waals surface area contributed by atoms with E-state index in [1.165, 1.54) is 12.8 Å². The number of rotatable bonds is 37. The topological polar surface area (TPSA) is 176 Å². The summed E-state index contributed by atoms with van der Waals surface area (Å²) >= 11 is 0. The number of carboxylic acid groups (broad SMARTS) is 1. The van der Waals surface area contributed by atoms with Gasteiger partial charge in [0.15, 0.2) is 6.29 Å². The van der Waals surface area contributed by atoms with E-state index in [-0.39, 0.29) is 51.9 Å². The zero-order valence-corrected chi connectivity index (χ0v) is 35.9. The van der Waals surface area contributed by atoms with Crippen molar-refractivity contribution in [1.82, 2.24) is 10.2 Å². The van der Waals surface area contributed by atoms with Crippen LogP contribution in [0.25, 0.3) is 0 Å². The normalized spacial score (nSPS) is 14.2. The van der Waals surface area contributed by atoms with Crippen molar-refractivity contribution in [2.24, 2.45) is 5.92 Å². The minimum absolute atomic E-state index is 0.00840. The first kappa shape index (κ1) is 52.5. The van der Waals surface area contributed by atoms with Crippen molar-refractivity contribution in [2.45, 2.75) is 162 Å². The third-order valence-electron chi connectivity index (χ3n) is 9.53. The fourth-order valence-corrected chi connectivity index (χ4v) is 6.03. The van der Waals surface area contributed by atoms with Crippen molar-refractivity contribution in [3.05, 3.63) is 24.3 Å². The maximum Gasteiger partial charge on any atom is 0.407 e. The smallest absolute Gasteiger partial charge is 0.407 e. The van der Waals surface area contributed by atoms with Crippen LogP contribution in [0.5, 0.6) is 0 Å². The number of unbranched alkanes of at least 4 members (excludes halogenated alkanes) is 6. The number of nitrogens with one attached hydrogen (secondary N) is 1. The number of allylic oxidation sites excluding steroid dienone is 4. The lowest BCUT2D eigenvalue weighted by Gasteiger charge is -2.20. The van der Waals surface area contributed by atoms with Crippen LogP contribution in [0.4, 0.5) is 4.79 Å². The number of esters is 3. The van der Waals surface area contributed by atoms with Crippen LogP contribution in [0.3, 0.4) is 0 Å². The van der Waals surface area contributed by atoms with Gasteiger partial charge in [-0.25, -0.2) is 4.79 Å². The van der Waals surface area contributed by atoms with Gasteiger partial charge in [-0.1, -0.05) is 51.5 Å². The van der Waals surface area contributed by atoms with Crippen LogP contribution in [0.2, 0.25) is 0 Å². The fraction of sp³-hybridized carbons (Fsp3) is 0.795. The third-order valence-corrected chi connectivity index (χ3v) is 9.53. The molecule has 0 aliphatic carbocycles. The quantitative estimate of drug-likeness (QED) is 0.0202. The molecule has 1 heterocycles. The maximum absolute atomic E-state index is 12.9. The van der Waals surface area contributed by atoms with Gasteiger partial charge >= 0.3 is 30.0 Å². The molecular formula is C44H76N2O12. The minimum atomic E-state index is -0.881. The molecule has 0 aromatic heterocycles. The first-order valence-electron chi connectivity index (χ1n) is 22.0. The van der Waals surface area contributed by atoms with Gasteiger partial charge in [-0.15, -0.1) is 0 Å². The average Bonchev–Trinajstić information content (AvgIpc) is 3.73. The molecule has 0 saturated carbocycles. The first-order chi connectivity index (χ1) is 28.2. The molecule has 0 aromatic rings. The van der Waals surface area contributed by atoms with Gasteiger partial charge in [0.05, 0.1) is 12.3 Å². The first-order valence-corrected chi connectivity index (χ1v) is 22.0. The molecule has 0 radical (unpaired) electrons. The number of alkyl carbamates (subject to hydrolysis) is 1. The lowest BCUT2D eigenvalue weighted by atomic mass is 10.1. The van der Waals surface area contributed by atoms with E-state index in [0.29, 0.717) is 51.9 Å². The Hall–Kier alpha value is -3.49. The van der Waals surface area contributed by atoms with E-state index in [1.807, 2.05) is 6.92 Å². The van der Waals surface area contributed by atoms with Crippen LogP contribution in [0, 0.1) is 5.92 Å². The highest BCUT2D eigenvalue weighted by Crippen LogP contribution is 2.14. The van der Waals surface area contributed by atoms with Crippen molar-refractivity contribution in [1.29, 1.82) is 0 Å². The van der Waals surface area contributed by atoms with Crippen LogP contribution in [-0.2, 0) is 47.6 Å².